The SMILES string of the molecule is COc1ccc(OC)c2sc(NC(=O)c3ccc(C(=O)c4ccccc4)cc3)nc12. The van der Waals surface area contributed by atoms with E-state index >= 15 is 0 Å². The number of carbonyl (C=O) groups excluding carboxylic acids is 2. The molecule has 1 aromatic heterocycles. The Bertz CT molecular complexity index is 1180. The molecule has 0 unspecified atom stereocenters. The molecule has 4 rings (SSSR count). The van der Waals surface area contributed by atoms with Crippen molar-refractivity contribution < 1.29 is 19.1 Å². The first-order chi connectivity index (χ1) is 14.6. The molecule has 1 amide bonds. The highest BCUT2D eigenvalue weighted by Gasteiger charge is 2.16. The minimum absolute atomic E-state index is 0.0899. The van der Waals surface area contributed by atoms with Gasteiger partial charge in [0.1, 0.15) is 21.7 Å². The fourth-order valence-electron chi connectivity index (χ4n) is 3.04. The second kappa shape index (κ2) is 8.34. The standard InChI is InChI=1S/C23H18N2O4S/c1-28-17-12-13-18(29-2)21-19(17)24-23(30-21)25-22(27)16-10-8-15(9-11-16)20(26)14-6-4-3-5-7-14/h3-13H,1-2H3,(H,24,25,27). The minimum atomic E-state index is -0.314. The molecule has 0 spiro atoms. The quantitative estimate of drug-likeness (QED) is 0.455. The van der Waals surface area contributed by atoms with E-state index in [0.29, 0.717) is 38.8 Å². The molecule has 0 atom stereocenters. The number of ketones is 1. The molecule has 0 bridgehead atoms. The summed E-state index contributed by atoms with van der Waals surface area (Å²) in [7, 11) is 3.15. The van der Waals surface area contributed by atoms with Crippen molar-refractivity contribution in [2.24, 2.45) is 0 Å². The van der Waals surface area contributed by atoms with Crippen LogP contribution in [-0.4, -0.2) is 30.9 Å². The van der Waals surface area contributed by atoms with Gasteiger partial charge in [0.15, 0.2) is 10.9 Å². The van der Waals surface area contributed by atoms with E-state index in [4.69, 9.17) is 9.47 Å². The number of thiazole rings is 1. The highest BCUT2D eigenvalue weighted by molar-refractivity contribution is 7.22. The number of fused-ring (bicyclic) bond motifs is 1. The molecular weight excluding hydrogens is 400 g/mol. The molecule has 0 saturated heterocycles. The normalized spacial score (nSPS) is 10.6. The molecule has 0 aliphatic rings. The zero-order valence-electron chi connectivity index (χ0n) is 16.3. The number of nitrogens with zero attached hydrogens (tertiary/aromatic N) is 1. The number of hydrogen-bond donors (Lipinski definition) is 1. The summed E-state index contributed by atoms with van der Waals surface area (Å²) in [5.41, 5.74) is 2.18. The summed E-state index contributed by atoms with van der Waals surface area (Å²) in [6.07, 6.45) is 0. The monoisotopic (exact) mass is 418 g/mol. The van der Waals surface area contributed by atoms with E-state index in [1.807, 2.05) is 18.2 Å². The number of hydrogen-bond acceptors (Lipinski definition) is 6. The molecular formula is C23H18N2O4S. The van der Waals surface area contributed by atoms with Crippen LogP contribution >= 0.6 is 11.3 Å². The van der Waals surface area contributed by atoms with Crippen molar-refractivity contribution in [3.05, 3.63) is 83.4 Å². The van der Waals surface area contributed by atoms with E-state index in [0.717, 1.165) is 4.70 Å². The second-order valence-electron chi connectivity index (χ2n) is 6.39. The van der Waals surface area contributed by atoms with Gasteiger partial charge in [-0.2, -0.15) is 0 Å². The van der Waals surface area contributed by atoms with Crippen molar-refractivity contribution in [3.63, 3.8) is 0 Å². The summed E-state index contributed by atoms with van der Waals surface area (Å²) < 4.78 is 11.5. The van der Waals surface area contributed by atoms with Crippen LogP contribution in [0.4, 0.5) is 5.13 Å². The molecule has 1 N–H and O–H groups in total. The van der Waals surface area contributed by atoms with Crippen molar-refractivity contribution in [1.29, 1.82) is 0 Å². The molecule has 0 aliphatic carbocycles. The third kappa shape index (κ3) is 3.75. The van der Waals surface area contributed by atoms with Gasteiger partial charge in [-0.1, -0.05) is 53.8 Å². The van der Waals surface area contributed by atoms with E-state index in [9.17, 15) is 9.59 Å². The van der Waals surface area contributed by atoms with Gasteiger partial charge in [-0.25, -0.2) is 4.98 Å². The first-order valence-corrected chi connectivity index (χ1v) is 9.95. The van der Waals surface area contributed by atoms with Crippen molar-refractivity contribution in [3.8, 4) is 11.5 Å². The zero-order valence-corrected chi connectivity index (χ0v) is 17.2. The first-order valence-electron chi connectivity index (χ1n) is 9.13. The van der Waals surface area contributed by atoms with Crippen molar-refractivity contribution in [2.75, 3.05) is 19.5 Å². The molecule has 30 heavy (non-hydrogen) atoms. The van der Waals surface area contributed by atoms with E-state index in [1.54, 1.807) is 62.8 Å². The van der Waals surface area contributed by atoms with E-state index in [-0.39, 0.29) is 11.7 Å². The van der Waals surface area contributed by atoms with Gasteiger partial charge in [0.25, 0.3) is 5.91 Å². The summed E-state index contributed by atoms with van der Waals surface area (Å²) in [5.74, 6) is 0.859. The summed E-state index contributed by atoms with van der Waals surface area (Å²) in [5, 5.41) is 3.24. The van der Waals surface area contributed by atoms with Crippen LogP contribution in [0.5, 0.6) is 11.5 Å². The van der Waals surface area contributed by atoms with Gasteiger partial charge >= 0.3 is 0 Å². The number of ether oxygens (including phenoxy) is 2. The number of methoxy groups -OCH3 is 2. The summed E-state index contributed by atoms with van der Waals surface area (Å²) in [4.78, 5) is 29.6. The Hall–Kier alpha value is -3.71. The number of benzene rings is 3. The van der Waals surface area contributed by atoms with Gasteiger partial charge in [-0.15, -0.1) is 0 Å². The predicted octanol–water partition coefficient (Wildman–Crippen LogP) is 4.80. The topological polar surface area (TPSA) is 77.5 Å². The third-order valence-corrected chi connectivity index (χ3v) is 5.56. The third-order valence-electron chi connectivity index (χ3n) is 4.58. The molecule has 0 aliphatic heterocycles. The lowest BCUT2D eigenvalue weighted by atomic mass is 10.0. The summed E-state index contributed by atoms with van der Waals surface area (Å²) in [6, 6.07) is 19.1. The molecule has 0 fully saturated rings. The molecule has 0 radical (unpaired) electrons. The van der Waals surface area contributed by atoms with E-state index in [1.165, 1.54) is 11.3 Å². The van der Waals surface area contributed by atoms with Crippen LogP contribution in [0.15, 0.2) is 66.7 Å². The lowest BCUT2D eigenvalue weighted by molar-refractivity contribution is 0.102. The highest BCUT2D eigenvalue weighted by Crippen LogP contribution is 2.38. The van der Waals surface area contributed by atoms with Crippen LogP contribution < -0.4 is 14.8 Å². The molecule has 0 saturated carbocycles. The van der Waals surface area contributed by atoms with Crippen LogP contribution in [-0.2, 0) is 0 Å². The number of rotatable bonds is 6. The fourth-order valence-corrected chi connectivity index (χ4v) is 4.01. The maximum atomic E-state index is 12.7. The Morgan fingerprint density at radius 1 is 0.800 bits per heavy atom. The van der Waals surface area contributed by atoms with Crippen LogP contribution in [0.25, 0.3) is 10.2 Å². The van der Waals surface area contributed by atoms with Crippen molar-refractivity contribution in [2.45, 2.75) is 0 Å². The molecule has 3 aromatic carbocycles. The van der Waals surface area contributed by atoms with Gasteiger partial charge < -0.3 is 9.47 Å². The van der Waals surface area contributed by atoms with Crippen LogP contribution in [0.3, 0.4) is 0 Å². The Morgan fingerprint density at radius 3 is 2.07 bits per heavy atom. The zero-order chi connectivity index (χ0) is 21.1. The van der Waals surface area contributed by atoms with Gasteiger partial charge in [-0.3, -0.25) is 14.9 Å². The molecule has 7 heteroatoms. The maximum Gasteiger partial charge on any atom is 0.257 e. The van der Waals surface area contributed by atoms with E-state index in [2.05, 4.69) is 10.3 Å². The number of aromatic nitrogens is 1. The number of anilines is 1. The van der Waals surface area contributed by atoms with Gasteiger partial charge in [0, 0.05) is 16.7 Å². The Balaban J connectivity index is 1.55. The first kappa shape index (κ1) is 19.6. The minimum Gasteiger partial charge on any atom is -0.495 e. The smallest absolute Gasteiger partial charge is 0.257 e. The summed E-state index contributed by atoms with van der Waals surface area (Å²) >= 11 is 1.30. The van der Waals surface area contributed by atoms with Crippen LogP contribution in [0.2, 0.25) is 0 Å². The van der Waals surface area contributed by atoms with Crippen molar-refractivity contribution >= 4 is 38.4 Å². The van der Waals surface area contributed by atoms with Gasteiger partial charge in [0.05, 0.1) is 14.2 Å². The van der Waals surface area contributed by atoms with Crippen LogP contribution in [0, 0.1) is 0 Å². The number of amides is 1. The summed E-state index contributed by atoms with van der Waals surface area (Å²) in [6.45, 7) is 0. The van der Waals surface area contributed by atoms with Crippen LogP contribution in [0.1, 0.15) is 26.3 Å². The lowest BCUT2D eigenvalue weighted by Crippen LogP contribution is -2.12. The second-order valence-corrected chi connectivity index (χ2v) is 7.39. The molecule has 1 heterocycles. The highest BCUT2D eigenvalue weighted by atomic mass is 32.1. The van der Waals surface area contributed by atoms with Crippen molar-refractivity contribution in [1.82, 2.24) is 4.98 Å². The Morgan fingerprint density at radius 2 is 1.40 bits per heavy atom. The number of nitrogens with one attached hydrogen (secondary N) is 1. The Labute approximate surface area is 177 Å². The van der Waals surface area contributed by atoms with Gasteiger partial charge in [0.2, 0.25) is 0 Å². The Kier molecular flexibility index (Phi) is 5.45. The average molecular weight is 418 g/mol. The average Bonchev–Trinajstić information content (AvgIpc) is 3.22. The fraction of sp³-hybridized carbons (Fsp3) is 0.0870. The maximum absolute atomic E-state index is 12.7. The molecule has 150 valence electrons. The molecule has 6 nitrogen and oxygen atoms in total. The van der Waals surface area contributed by atoms with Gasteiger partial charge in [-0.05, 0) is 24.3 Å². The predicted molar refractivity (Wildman–Crippen MR) is 117 cm³/mol. The molecule has 4 aromatic rings. The lowest BCUT2D eigenvalue weighted by Gasteiger charge is -2.04. The largest absolute Gasteiger partial charge is 0.495 e. The number of carbonyl (C=O) groups is 2. The van der Waals surface area contributed by atoms with E-state index < -0.39 is 0 Å².